The van der Waals surface area contributed by atoms with Gasteiger partial charge in [0.25, 0.3) is 0 Å². The van der Waals surface area contributed by atoms with Crippen molar-refractivity contribution >= 4 is 5.91 Å². The van der Waals surface area contributed by atoms with Crippen LogP contribution in [0.4, 0.5) is 0 Å². The van der Waals surface area contributed by atoms with Crippen molar-refractivity contribution in [2.75, 3.05) is 39.5 Å². The summed E-state index contributed by atoms with van der Waals surface area (Å²) in [5, 5.41) is 0. The minimum Gasteiger partial charge on any atom is -0.478 e. The second-order valence-electron chi connectivity index (χ2n) is 7.78. The van der Waals surface area contributed by atoms with Crippen LogP contribution in [0, 0.1) is 11.8 Å². The summed E-state index contributed by atoms with van der Waals surface area (Å²) < 4.78 is 17.2. The molecule has 0 aromatic carbocycles. The highest BCUT2D eigenvalue weighted by atomic mass is 16.5. The van der Waals surface area contributed by atoms with Crippen LogP contribution in [0.2, 0.25) is 0 Å². The number of carbonyl (C=O) groups excluding carboxylic acids is 1. The molecule has 3 aliphatic rings. The summed E-state index contributed by atoms with van der Waals surface area (Å²) in [6.07, 6.45) is 6.57. The van der Waals surface area contributed by atoms with Crippen LogP contribution in [0.1, 0.15) is 32.1 Å². The van der Waals surface area contributed by atoms with Crippen LogP contribution in [0.25, 0.3) is 0 Å². The molecule has 1 aromatic heterocycles. The summed E-state index contributed by atoms with van der Waals surface area (Å²) in [5.41, 5.74) is -0.116. The molecule has 1 atom stereocenters. The molecule has 1 amide bonds. The Morgan fingerprint density at radius 3 is 2.85 bits per heavy atom. The van der Waals surface area contributed by atoms with Crippen molar-refractivity contribution in [3.8, 4) is 5.88 Å². The van der Waals surface area contributed by atoms with Gasteiger partial charge in [0.2, 0.25) is 11.8 Å². The molecule has 3 aliphatic heterocycles. The fourth-order valence-electron chi connectivity index (χ4n) is 4.37. The Kier molecular flexibility index (Phi) is 5.41. The summed E-state index contributed by atoms with van der Waals surface area (Å²) in [5.74, 6) is 1.72. The van der Waals surface area contributed by atoms with Crippen molar-refractivity contribution in [1.29, 1.82) is 0 Å². The van der Waals surface area contributed by atoms with Crippen LogP contribution in [0.5, 0.6) is 5.88 Å². The number of carbonyl (C=O) groups is 1. The lowest BCUT2D eigenvalue weighted by molar-refractivity contribution is -0.192. The Labute approximate surface area is 154 Å². The van der Waals surface area contributed by atoms with Gasteiger partial charge in [0.05, 0.1) is 19.7 Å². The number of nitrogens with zero attached hydrogens (tertiary/aromatic N) is 2. The summed E-state index contributed by atoms with van der Waals surface area (Å²) >= 11 is 0. The number of hydrogen-bond acceptors (Lipinski definition) is 5. The first-order chi connectivity index (χ1) is 12.7. The van der Waals surface area contributed by atoms with E-state index in [2.05, 4.69) is 4.98 Å². The second-order valence-corrected chi connectivity index (χ2v) is 7.78. The zero-order valence-electron chi connectivity index (χ0n) is 15.3. The van der Waals surface area contributed by atoms with Gasteiger partial charge in [-0.2, -0.15) is 0 Å². The summed E-state index contributed by atoms with van der Waals surface area (Å²) in [6, 6.07) is 5.71. The predicted molar refractivity (Wildman–Crippen MR) is 95.9 cm³/mol. The molecule has 1 spiro atoms. The molecule has 1 aromatic rings. The van der Waals surface area contributed by atoms with Crippen LogP contribution < -0.4 is 4.74 Å². The molecule has 3 fully saturated rings. The van der Waals surface area contributed by atoms with Gasteiger partial charge in [-0.25, -0.2) is 4.98 Å². The minimum atomic E-state index is -0.116. The van der Waals surface area contributed by atoms with Crippen molar-refractivity contribution in [2.45, 2.75) is 37.7 Å². The van der Waals surface area contributed by atoms with E-state index in [1.165, 1.54) is 0 Å². The van der Waals surface area contributed by atoms with Crippen molar-refractivity contribution in [3.63, 3.8) is 0 Å². The molecular formula is C20H28N2O4. The molecular weight excluding hydrogens is 332 g/mol. The molecule has 0 unspecified atom stereocenters. The molecule has 142 valence electrons. The molecule has 26 heavy (non-hydrogen) atoms. The van der Waals surface area contributed by atoms with E-state index in [9.17, 15) is 4.79 Å². The highest BCUT2D eigenvalue weighted by Gasteiger charge is 2.50. The van der Waals surface area contributed by atoms with E-state index in [-0.39, 0.29) is 11.5 Å². The Bertz CT molecular complexity index is 597. The van der Waals surface area contributed by atoms with E-state index in [1.54, 1.807) is 6.20 Å². The maximum atomic E-state index is 12.6. The topological polar surface area (TPSA) is 60.9 Å². The number of rotatable bonds is 5. The smallest absolute Gasteiger partial charge is 0.226 e. The van der Waals surface area contributed by atoms with Crippen LogP contribution >= 0.6 is 0 Å². The van der Waals surface area contributed by atoms with Gasteiger partial charge < -0.3 is 19.1 Å². The van der Waals surface area contributed by atoms with E-state index in [4.69, 9.17) is 14.2 Å². The summed E-state index contributed by atoms with van der Waals surface area (Å²) in [4.78, 5) is 18.8. The average Bonchev–Trinajstić information content (AvgIpc) is 2.67. The van der Waals surface area contributed by atoms with E-state index >= 15 is 0 Å². The number of aromatic nitrogens is 1. The maximum Gasteiger partial charge on any atom is 0.226 e. The van der Waals surface area contributed by atoms with Gasteiger partial charge >= 0.3 is 0 Å². The third-order valence-electron chi connectivity index (χ3n) is 5.85. The number of ether oxygens (including phenoxy) is 3. The SMILES string of the molecule is O=C(C1CCOCC1)N1CC2(C[C@@H](CCOc3ccccn3)CCO2)C1. The van der Waals surface area contributed by atoms with Crippen LogP contribution in [-0.4, -0.2) is 60.9 Å². The summed E-state index contributed by atoms with van der Waals surface area (Å²) in [6.45, 7) is 4.39. The number of amides is 1. The van der Waals surface area contributed by atoms with Crippen LogP contribution in [0.3, 0.4) is 0 Å². The van der Waals surface area contributed by atoms with Crippen molar-refractivity contribution in [1.82, 2.24) is 9.88 Å². The summed E-state index contributed by atoms with van der Waals surface area (Å²) in [7, 11) is 0. The number of pyridine rings is 1. The molecule has 0 saturated carbocycles. The molecule has 0 radical (unpaired) electrons. The maximum absolute atomic E-state index is 12.6. The molecule has 0 N–H and O–H groups in total. The molecule has 0 aliphatic carbocycles. The van der Waals surface area contributed by atoms with Gasteiger partial charge in [0.15, 0.2) is 0 Å². The van der Waals surface area contributed by atoms with Gasteiger partial charge in [-0.05, 0) is 44.1 Å². The molecule has 6 nitrogen and oxygen atoms in total. The quantitative estimate of drug-likeness (QED) is 0.806. The number of hydrogen-bond donors (Lipinski definition) is 0. The zero-order chi connectivity index (χ0) is 17.8. The highest BCUT2D eigenvalue weighted by Crippen LogP contribution is 2.39. The first-order valence-electron chi connectivity index (χ1n) is 9.78. The third kappa shape index (κ3) is 4.01. The monoisotopic (exact) mass is 360 g/mol. The van der Waals surface area contributed by atoms with E-state index in [0.717, 1.165) is 51.8 Å². The number of likely N-dealkylation sites (tertiary alicyclic amines) is 1. The van der Waals surface area contributed by atoms with E-state index in [1.807, 2.05) is 23.1 Å². The molecule has 0 bridgehead atoms. The Morgan fingerprint density at radius 2 is 2.08 bits per heavy atom. The van der Waals surface area contributed by atoms with Crippen LogP contribution in [0.15, 0.2) is 24.4 Å². The molecule has 4 heterocycles. The van der Waals surface area contributed by atoms with E-state index < -0.39 is 0 Å². The molecule has 4 rings (SSSR count). The zero-order valence-corrected chi connectivity index (χ0v) is 15.3. The molecule has 3 saturated heterocycles. The van der Waals surface area contributed by atoms with Crippen molar-refractivity contribution in [3.05, 3.63) is 24.4 Å². The van der Waals surface area contributed by atoms with Gasteiger partial charge in [0, 0.05) is 38.0 Å². The lowest BCUT2D eigenvalue weighted by atomic mass is 9.78. The molecule has 6 heteroatoms. The second kappa shape index (κ2) is 7.92. The standard InChI is InChI=1S/C20H28N2O4/c23-19(17-6-9-24-10-7-17)22-14-20(15-22)13-16(5-12-26-20)4-11-25-18-3-1-2-8-21-18/h1-3,8,16-17H,4-7,9-15H2/t16-/m0/s1. The lowest BCUT2D eigenvalue weighted by Crippen LogP contribution is -2.67. The van der Waals surface area contributed by atoms with Gasteiger partial charge in [0.1, 0.15) is 5.60 Å². The van der Waals surface area contributed by atoms with Gasteiger partial charge in [-0.15, -0.1) is 0 Å². The fraction of sp³-hybridized carbons (Fsp3) is 0.700. The van der Waals surface area contributed by atoms with Crippen molar-refractivity contribution in [2.24, 2.45) is 11.8 Å². The highest BCUT2D eigenvalue weighted by molar-refractivity contribution is 5.80. The van der Waals surface area contributed by atoms with E-state index in [0.29, 0.717) is 37.5 Å². The lowest BCUT2D eigenvalue weighted by Gasteiger charge is -2.54. The van der Waals surface area contributed by atoms with Gasteiger partial charge in [-0.3, -0.25) is 4.79 Å². The normalized spacial score (nSPS) is 25.7. The predicted octanol–water partition coefficient (Wildman–Crippen LogP) is 2.28. The largest absolute Gasteiger partial charge is 0.478 e. The Balaban J connectivity index is 1.22. The van der Waals surface area contributed by atoms with Crippen LogP contribution in [-0.2, 0) is 14.3 Å². The Hall–Kier alpha value is -1.66. The first-order valence-corrected chi connectivity index (χ1v) is 9.78. The fourth-order valence-corrected chi connectivity index (χ4v) is 4.37. The van der Waals surface area contributed by atoms with Crippen molar-refractivity contribution < 1.29 is 19.0 Å². The minimum absolute atomic E-state index is 0.116. The Morgan fingerprint density at radius 1 is 1.23 bits per heavy atom. The first kappa shape index (κ1) is 17.7. The van der Waals surface area contributed by atoms with Gasteiger partial charge in [-0.1, -0.05) is 6.07 Å². The average molecular weight is 360 g/mol. The third-order valence-corrected chi connectivity index (χ3v) is 5.85.